The van der Waals surface area contributed by atoms with Crippen molar-refractivity contribution in [3.8, 4) is 22.6 Å². The fourth-order valence-corrected chi connectivity index (χ4v) is 4.95. The van der Waals surface area contributed by atoms with Gasteiger partial charge in [-0.3, -0.25) is 4.98 Å². The molecule has 0 atom stereocenters. The molecule has 0 radical (unpaired) electrons. The molecular weight excluding hydrogens is 452 g/mol. The predicted octanol–water partition coefficient (Wildman–Crippen LogP) is 9.58. The zero-order valence-corrected chi connectivity index (χ0v) is 21.3. The van der Waals surface area contributed by atoms with Gasteiger partial charge in [0.05, 0.1) is 0 Å². The Labute approximate surface area is 212 Å². The van der Waals surface area contributed by atoms with Crippen molar-refractivity contribution in [1.29, 1.82) is 0 Å². The molecule has 2 nitrogen and oxygen atoms in total. The van der Waals surface area contributed by atoms with Gasteiger partial charge in [-0.2, -0.15) is 0 Å². The highest BCUT2D eigenvalue weighted by Crippen LogP contribution is 2.38. The monoisotopic (exact) mass is 484 g/mol. The molecule has 5 aromatic rings. The van der Waals surface area contributed by atoms with E-state index in [9.17, 15) is 8.78 Å². The number of alkyl halides is 2. The van der Waals surface area contributed by atoms with Crippen LogP contribution in [0.4, 0.5) is 8.78 Å². The second-order valence-corrected chi connectivity index (χ2v) is 10.6. The van der Waals surface area contributed by atoms with Crippen LogP contribution in [0.25, 0.3) is 44.3 Å². The minimum absolute atomic E-state index is 0.110. The van der Waals surface area contributed by atoms with Crippen LogP contribution in [0.15, 0.2) is 77.3 Å². The molecule has 0 amide bonds. The van der Waals surface area contributed by atoms with Crippen molar-refractivity contribution >= 4 is 21.7 Å². The summed E-state index contributed by atoms with van der Waals surface area (Å²) < 4.78 is 41.1. The first kappa shape index (κ1) is 22.9. The van der Waals surface area contributed by atoms with Crippen LogP contribution in [0, 0.1) is 12.3 Å². The topological polar surface area (TPSA) is 26.0 Å². The van der Waals surface area contributed by atoms with Crippen LogP contribution in [-0.4, -0.2) is 11.4 Å². The number of hydrogen-bond acceptors (Lipinski definition) is 2. The van der Waals surface area contributed by atoms with E-state index in [0.29, 0.717) is 11.7 Å². The molecule has 4 heteroatoms. The Balaban J connectivity index is 1.57. The van der Waals surface area contributed by atoms with Gasteiger partial charge in [0, 0.05) is 28.1 Å². The number of benzene rings is 3. The van der Waals surface area contributed by atoms with E-state index in [-0.39, 0.29) is 6.42 Å². The van der Waals surface area contributed by atoms with Crippen molar-refractivity contribution in [2.45, 2.75) is 53.4 Å². The van der Waals surface area contributed by atoms with Gasteiger partial charge in [0.15, 0.2) is 5.58 Å². The zero-order chi connectivity index (χ0) is 26.5. The van der Waals surface area contributed by atoms with Crippen LogP contribution in [0.5, 0.6) is 0 Å². The number of hydrogen-bond donors (Lipinski definition) is 0. The number of halogens is 2. The molecule has 36 heavy (non-hydrogen) atoms. The largest absolute Gasteiger partial charge is 0.454 e. The van der Waals surface area contributed by atoms with Crippen LogP contribution in [0.3, 0.4) is 0 Å². The molecule has 0 spiro atoms. The molecule has 2 aromatic heterocycles. The summed E-state index contributed by atoms with van der Waals surface area (Å²) >= 11 is 0. The summed E-state index contributed by atoms with van der Waals surface area (Å²) in [4.78, 5) is 4.71. The van der Waals surface area contributed by atoms with Gasteiger partial charge >= 0.3 is 0 Å². The van der Waals surface area contributed by atoms with Crippen LogP contribution >= 0.6 is 0 Å². The maximum absolute atomic E-state index is 13.7. The van der Waals surface area contributed by atoms with E-state index in [1.165, 1.54) is 30.2 Å². The number of rotatable bonds is 6. The Morgan fingerprint density at radius 2 is 1.75 bits per heavy atom. The minimum Gasteiger partial charge on any atom is -0.454 e. The van der Waals surface area contributed by atoms with Gasteiger partial charge in [-0.1, -0.05) is 70.2 Å². The molecule has 2 heterocycles. The number of aryl methyl sites for hydroxylation is 1. The van der Waals surface area contributed by atoms with E-state index in [2.05, 4.69) is 44.2 Å². The van der Waals surface area contributed by atoms with Crippen LogP contribution in [-0.2, 0) is 6.42 Å². The van der Waals surface area contributed by atoms with Crippen molar-refractivity contribution in [3.05, 3.63) is 89.6 Å². The quantitative estimate of drug-likeness (QED) is 0.240. The normalized spacial score (nSPS) is 13.1. The molecule has 0 aliphatic carbocycles. The molecular formula is C32H31F2NO. The first-order valence-corrected chi connectivity index (χ1v) is 12.3. The van der Waals surface area contributed by atoms with E-state index in [1.807, 2.05) is 43.3 Å². The maximum atomic E-state index is 13.7. The minimum atomic E-state index is -3.51. The van der Waals surface area contributed by atoms with Crippen LogP contribution in [0.2, 0.25) is 0 Å². The summed E-state index contributed by atoms with van der Waals surface area (Å²) in [7, 11) is 0. The van der Waals surface area contributed by atoms with Crippen molar-refractivity contribution in [1.82, 2.24) is 4.98 Å². The summed E-state index contributed by atoms with van der Waals surface area (Å²) in [5, 5.41) is 3.37. The van der Waals surface area contributed by atoms with Crippen molar-refractivity contribution in [2.24, 2.45) is 5.41 Å². The Kier molecular flexibility index (Phi) is 5.83. The number of fused-ring (bicyclic) bond motifs is 2. The third-order valence-electron chi connectivity index (χ3n) is 6.94. The van der Waals surface area contributed by atoms with E-state index in [0.717, 1.165) is 38.9 Å². The molecule has 3 aromatic carbocycles. The van der Waals surface area contributed by atoms with Crippen LogP contribution < -0.4 is 0 Å². The van der Waals surface area contributed by atoms with Gasteiger partial charge in [-0.15, -0.1) is 0 Å². The van der Waals surface area contributed by atoms with E-state index >= 15 is 0 Å². The summed E-state index contributed by atoms with van der Waals surface area (Å²) in [6.07, 6.45) is -1.60. The Morgan fingerprint density at radius 1 is 0.972 bits per heavy atom. The number of aromatic nitrogens is 1. The smallest absolute Gasteiger partial charge is 0.243 e. The fourth-order valence-electron chi connectivity index (χ4n) is 4.95. The lowest BCUT2D eigenvalue weighted by atomic mass is 9.85. The molecule has 0 fully saturated rings. The summed E-state index contributed by atoms with van der Waals surface area (Å²) in [6, 6.07) is 22.4. The van der Waals surface area contributed by atoms with Crippen molar-refractivity contribution in [3.63, 3.8) is 0 Å². The van der Waals surface area contributed by atoms with Gasteiger partial charge < -0.3 is 4.42 Å². The molecule has 0 N–H and O–H groups in total. The lowest BCUT2D eigenvalue weighted by Gasteiger charge is -2.23. The van der Waals surface area contributed by atoms with Crippen molar-refractivity contribution < 1.29 is 14.6 Å². The average molecular weight is 485 g/mol. The molecule has 5 rings (SSSR count). The SMILES string of the molecule is [2H]C(F)(F)C(C)(C)Cc1ccc(-c2cc3ccnc(-c4cc(C(C)C)c5ccccc5c4)c3o2)c(C)c1. The van der Waals surface area contributed by atoms with Gasteiger partial charge in [0.2, 0.25) is 6.40 Å². The summed E-state index contributed by atoms with van der Waals surface area (Å²) in [6.45, 7) is 9.20. The lowest BCUT2D eigenvalue weighted by molar-refractivity contribution is 0.0200. The molecule has 184 valence electrons. The number of pyridine rings is 1. The second kappa shape index (κ2) is 9.16. The first-order chi connectivity index (χ1) is 17.4. The van der Waals surface area contributed by atoms with E-state index in [4.69, 9.17) is 10.8 Å². The van der Waals surface area contributed by atoms with Gasteiger partial charge in [0.25, 0.3) is 0 Å². The molecule has 0 saturated carbocycles. The molecule has 0 saturated heterocycles. The first-order valence-electron chi connectivity index (χ1n) is 12.8. The van der Waals surface area contributed by atoms with E-state index in [1.54, 1.807) is 6.20 Å². The van der Waals surface area contributed by atoms with Crippen LogP contribution in [0.1, 0.15) is 51.7 Å². The molecule has 0 unspecified atom stereocenters. The van der Waals surface area contributed by atoms with Crippen molar-refractivity contribution in [2.75, 3.05) is 0 Å². The lowest BCUT2D eigenvalue weighted by Crippen LogP contribution is -2.24. The molecule has 0 aliphatic rings. The highest BCUT2D eigenvalue weighted by Gasteiger charge is 2.29. The zero-order valence-electron chi connectivity index (χ0n) is 22.3. The summed E-state index contributed by atoms with van der Waals surface area (Å²) in [5.41, 5.74) is 4.95. The highest BCUT2D eigenvalue weighted by atomic mass is 19.3. The predicted molar refractivity (Wildman–Crippen MR) is 145 cm³/mol. The average Bonchev–Trinajstić information content (AvgIpc) is 3.26. The Morgan fingerprint density at radius 3 is 2.47 bits per heavy atom. The third-order valence-corrected chi connectivity index (χ3v) is 6.94. The second-order valence-electron chi connectivity index (χ2n) is 10.6. The summed E-state index contributed by atoms with van der Waals surface area (Å²) in [5.74, 6) is 1.07. The Hall–Kier alpha value is -3.53. The number of furan rings is 1. The standard InChI is InChI=1S/C32H31F2NO/c1-19(2)27-16-24(15-22-8-6-7-9-26(22)27)29-30-23(12-13-35-29)17-28(36-30)25-11-10-21(14-20(25)3)18-32(4,5)31(33)34/h6-17,19,31H,18H2,1-5H3/i31D. The third kappa shape index (κ3) is 4.41. The number of nitrogens with zero attached hydrogens (tertiary/aromatic N) is 1. The molecule has 0 bridgehead atoms. The van der Waals surface area contributed by atoms with Gasteiger partial charge in [-0.05, 0) is 71.0 Å². The van der Waals surface area contributed by atoms with Gasteiger partial charge in [0.1, 0.15) is 12.8 Å². The molecule has 0 aliphatic heterocycles. The highest BCUT2D eigenvalue weighted by molar-refractivity contribution is 5.97. The maximum Gasteiger partial charge on any atom is 0.243 e. The Bertz CT molecular complexity index is 1610. The van der Waals surface area contributed by atoms with Gasteiger partial charge in [-0.25, -0.2) is 8.78 Å². The fraction of sp³-hybridized carbons (Fsp3) is 0.281. The van der Waals surface area contributed by atoms with E-state index < -0.39 is 11.8 Å².